The molecule has 2 aromatic rings. The molecular formula is C12H12BrNS. The van der Waals surface area contributed by atoms with Crippen LogP contribution in [0, 0.1) is 20.8 Å². The van der Waals surface area contributed by atoms with Crippen molar-refractivity contribution >= 4 is 27.3 Å². The third-order valence-corrected chi connectivity index (χ3v) is 3.83. The minimum absolute atomic E-state index is 0.954. The first-order chi connectivity index (χ1) is 7.08. The lowest BCUT2D eigenvalue weighted by Gasteiger charge is -2.04. The molecule has 3 heteroatoms. The Balaban J connectivity index is 2.59. The zero-order chi connectivity index (χ0) is 11.0. The average Bonchev–Trinajstić information content (AvgIpc) is 2.45. The van der Waals surface area contributed by atoms with Gasteiger partial charge in [-0.15, -0.1) is 11.3 Å². The van der Waals surface area contributed by atoms with Crippen LogP contribution in [0.5, 0.6) is 0 Å². The summed E-state index contributed by atoms with van der Waals surface area (Å²) in [5.41, 5.74) is 4.92. The van der Waals surface area contributed by atoms with Crippen molar-refractivity contribution in [1.29, 1.82) is 0 Å². The molecule has 1 aromatic carbocycles. The van der Waals surface area contributed by atoms with Gasteiger partial charge in [0.05, 0.1) is 5.69 Å². The number of aryl methyl sites for hydroxylation is 3. The van der Waals surface area contributed by atoms with Crippen LogP contribution in [0.25, 0.3) is 11.3 Å². The van der Waals surface area contributed by atoms with Gasteiger partial charge in [0.2, 0.25) is 0 Å². The number of hydrogen-bond acceptors (Lipinski definition) is 2. The van der Waals surface area contributed by atoms with Crippen molar-refractivity contribution in [1.82, 2.24) is 4.98 Å². The fourth-order valence-corrected chi connectivity index (χ4v) is 3.24. The molecule has 0 fully saturated rings. The Morgan fingerprint density at radius 3 is 2.47 bits per heavy atom. The first-order valence-electron chi connectivity index (χ1n) is 4.78. The van der Waals surface area contributed by atoms with Crippen LogP contribution in [0.4, 0.5) is 0 Å². The Morgan fingerprint density at radius 2 is 1.93 bits per heavy atom. The first kappa shape index (κ1) is 10.8. The molecule has 0 bridgehead atoms. The molecular weight excluding hydrogens is 270 g/mol. The standard InChI is InChI=1S/C12H12BrNS/c1-7-4-5-10(8(2)6-7)11-9(3)15-12(13)14-11/h4-6H,1-3H3. The van der Waals surface area contributed by atoms with E-state index in [-0.39, 0.29) is 0 Å². The zero-order valence-corrected chi connectivity index (χ0v) is 11.4. The van der Waals surface area contributed by atoms with Crippen molar-refractivity contribution in [3.8, 4) is 11.3 Å². The van der Waals surface area contributed by atoms with Gasteiger partial charge in [-0.1, -0.05) is 23.8 Å². The highest BCUT2D eigenvalue weighted by atomic mass is 79.9. The van der Waals surface area contributed by atoms with Crippen LogP contribution in [-0.4, -0.2) is 4.98 Å². The number of thiazole rings is 1. The Bertz CT molecular complexity index is 502. The highest BCUT2D eigenvalue weighted by Crippen LogP contribution is 2.32. The number of nitrogens with zero attached hydrogens (tertiary/aromatic N) is 1. The highest BCUT2D eigenvalue weighted by molar-refractivity contribution is 9.11. The molecule has 0 atom stereocenters. The van der Waals surface area contributed by atoms with E-state index in [1.165, 1.54) is 21.6 Å². The lowest BCUT2D eigenvalue weighted by Crippen LogP contribution is -1.86. The molecule has 0 radical (unpaired) electrons. The second-order valence-electron chi connectivity index (χ2n) is 3.69. The maximum absolute atomic E-state index is 4.51. The largest absolute Gasteiger partial charge is 0.229 e. The van der Waals surface area contributed by atoms with Gasteiger partial charge in [-0.25, -0.2) is 4.98 Å². The van der Waals surface area contributed by atoms with E-state index >= 15 is 0 Å². The van der Waals surface area contributed by atoms with E-state index in [1.54, 1.807) is 11.3 Å². The van der Waals surface area contributed by atoms with E-state index in [2.05, 4.69) is 59.9 Å². The van der Waals surface area contributed by atoms with Crippen LogP contribution in [0.1, 0.15) is 16.0 Å². The highest BCUT2D eigenvalue weighted by Gasteiger charge is 2.10. The van der Waals surface area contributed by atoms with Crippen molar-refractivity contribution < 1.29 is 0 Å². The molecule has 0 amide bonds. The van der Waals surface area contributed by atoms with Crippen LogP contribution in [-0.2, 0) is 0 Å². The summed E-state index contributed by atoms with van der Waals surface area (Å²) in [5.74, 6) is 0. The number of hydrogen-bond donors (Lipinski definition) is 0. The van der Waals surface area contributed by atoms with Crippen LogP contribution in [0.2, 0.25) is 0 Å². The maximum atomic E-state index is 4.51. The number of rotatable bonds is 1. The molecule has 1 heterocycles. The minimum atomic E-state index is 0.954. The maximum Gasteiger partial charge on any atom is 0.160 e. The van der Waals surface area contributed by atoms with Crippen LogP contribution >= 0.6 is 27.3 Å². The molecule has 0 aliphatic heterocycles. The van der Waals surface area contributed by atoms with Gasteiger partial charge in [-0.05, 0) is 42.3 Å². The quantitative estimate of drug-likeness (QED) is 0.750. The Labute approximate surface area is 102 Å². The summed E-state index contributed by atoms with van der Waals surface area (Å²) in [6.07, 6.45) is 0. The SMILES string of the molecule is Cc1ccc(-c2nc(Br)sc2C)c(C)c1. The summed E-state index contributed by atoms with van der Waals surface area (Å²) >= 11 is 5.11. The number of aromatic nitrogens is 1. The van der Waals surface area contributed by atoms with Crippen LogP contribution < -0.4 is 0 Å². The smallest absolute Gasteiger partial charge is 0.160 e. The molecule has 0 N–H and O–H groups in total. The van der Waals surface area contributed by atoms with Gasteiger partial charge in [0.1, 0.15) is 0 Å². The normalized spacial score (nSPS) is 10.7. The summed E-state index contributed by atoms with van der Waals surface area (Å²) in [6.45, 7) is 6.35. The van der Waals surface area contributed by atoms with Crippen molar-refractivity contribution in [2.24, 2.45) is 0 Å². The average molecular weight is 282 g/mol. The van der Waals surface area contributed by atoms with Crippen molar-refractivity contribution in [3.05, 3.63) is 38.1 Å². The monoisotopic (exact) mass is 281 g/mol. The molecule has 0 spiro atoms. The lowest BCUT2D eigenvalue weighted by molar-refractivity contribution is 1.30. The Hall–Kier alpha value is -0.670. The van der Waals surface area contributed by atoms with E-state index in [9.17, 15) is 0 Å². The second-order valence-corrected chi connectivity index (χ2v) is 6.17. The van der Waals surface area contributed by atoms with E-state index in [0.717, 1.165) is 9.61 Å². The molecule has 0 aliphatic rings. The van der Waals surface area contributed by atoms with Crippen LogP contribution in [0.3, 0.4) is 0 Å². The summed E-state index contributed by atoms with van der Waals surface area (Å²) in [6, 6.07) is 6.48. The van der Waals surface area contributed by atoms with Gasteiger partial charge in [-0.3, -0.25) is 0 Å². The van der Waals surface area contributed by atoms with Crippen molar-refractivity contribution in [2.75, 3.05) is 0 Å². The van der Waals surface area contributed by atoms with Gasteiger partial charge < -0.3 is 0 Å². The first-order valence-corrected chi connectivity index (χ1v) is 6.39. The van der Waals surface area contributed by atoms with E-state index in [1.807, 2.05) is 0 Å². The predicted molar refractivity (Wildman–Crippen MR) is 69.5 cm³/mol. The molecule has 0 saturated heterocycles. The summed E-state index contributed by atoms with van der Waals surface area (Å²) in [4.78, 5) is 5.76. The molecule has 2 rings (SSSR count). The fraction of sp³-hybridized carbons (Fsp3) is 0.250. The van der Waals surface area contributed by atoms with E-state index < -0.39 is 0 Å². The molecule has 0 unspecified atom stereocenters. The van der Waals surface area contributed by atoms with E-state index in [4.69, 9.17) is 0 Å². The summed E-state index contributed by atoms with van der Waals surface area (Å²) in [5, 5.41) is 0. The predicted octanol–water partition coefficient (Wildman–Crippen LogP) is 4.50. The summed E-state index contributed by atoms with van der Waals surface area (Å²) < 4.78 is 0.954. The van der Waals surface area contributed by atoms with Crippen molar-refractivity contribution in [2.45, 2.75) is 20.8 Å². The second kappa shape index (κ2) is 4.06. The third kappa shape index (κ3) is 2.13. The van der Waals surface area contributed by atoms with Gasteiger partial charge in [-0.2, -0.15) is 0 Å². The van der Waals surface area contributed by atoms with E-state index in [0.29, 0.717) is 0 Å². The molecule has 0 saturated carbocycles. The van der Waals surface area contributed by atoms with Crippen LogP contribution in [0.15, 0.2) is 22.1 Å². The molecule has 78 valence electrons. The molecule has 0 aliphatic carbocycles. The van der Waals surface area contributed by atoms with Gasteiger partial charge in [0, 0.05) is 10.4 Å². The molecule has 15 heavy (non-hydrogen) atoms. The molecule has 1 aromatic heterocycles. The lowest BCUT2D eigenvalue weighted by atomic mass is 10.0. The summed E-state index contributed by atoms with van der Waals surface area (Å²) in [7, 11) is 0. The fourth-order valence-electron chi connectivity index (χ4n) is 1.69. The Morgan fingerprint density at radius 1 is 1.20 bits per heavy atom. The molecule has 1 nitrogen and oxygen atoms in total. The third-order valence-electron chi connectivity index (χ3n) is 2.41. The van der Waals surface area contributed by atoms with Crippen molar-refractivity contribution in [3.63, 3.8) is 0 Å². The van der Waals surface area contributed by atoms with Gasteiger partial charge >= 0.3 is 0 Å². The minimum Gasteiger partial charge on any atom is -0.229 e. The van der Waals surface area contributed by atoms with Gasteiger partial charge in [0.15, 0.2) is 3.92 Å². The Kier molecular flexibility index (Phi) is 2.94. The number of halogens is 1. The number of benzene rings is 1. The van der Waals surface area contributed by atoms with Gasteiger partial charge in [0.25, 0.3) is 0 Å². The zero-order valence-electron chi connectivity index (χ0n) is 8.97. The topological polar surface area (TPSA) is 12.9 Å².